The van der Waals surface area contributed by atoms with Gasteiger partial charge in [0.15, 0.2) is 5.78 Å². The highest BCUT2D eigenvalue weighted by atomic mass is 79.9. The van der Waals surface area contributed by atoms with E-state index >= 15 is 0 Å². The Morgan fingerprint density at radius 3 is 2.75 bits per heavy atom. The summed E-state index contributed by atoms with van der Waals surface area (Å²) in [6.07, 6.45) is 6.03. The number of halogens is 2. The van der Waals surface area contributed by atoms with Crippen LogP contribution in [0.5, 0.6) is 0 Å². The molecule has 0 saturated heterocycles. The molecule has 2 rings (SSSR count). The Hall–Kier alpha value is -0.960. The van der Waals surface area contributed by atoms with Crippen molar-refractivity contribution >= 4 is 21.7 Å². The Morgan fingerprint density at radius 1 is 1.31 bits per heavy atom. The van der Waals surface area contributed by atoms with E-state index in [9.17, 15) is 9.18 Å². The van der Waals surface area contributed by atoms with Crippen molar-refractivity contribution in [2.75, 3.05) is 0 Å². The van der Waals surface area contributed by atoms with Gasteiger partial charge in [0.2, 0.25) is 0 Å². The quantitative estimate of drug-likeness (QED) is 0.741. The molecule has 0 spiro atoms. The summed E-state index contributed by atoms with van der Waals surface area (Å²) in [5, 5.41) is 0. The van der Waals surface area contributed by atoms with E-state index in [1.54, 1.807) is 0 Å². The maximum atomic E-state index is 12.9. The molecule has 0 atom stereocenters. The van der Waals surface area contributed by atoms with Gasteiger partial charge in [0.1, 0.15) is 5.82 Å². The van der Waals surface area contributed by atoms with Crippen LogP contribution in [0.2, 0.25) is 0 Å². The third-order valence-electron chi connectivity index (χ3n) is 2.76. The monoisotopic (exact) mass is 282 g/mol. The van der Waals surface area contributed by atoms with E-state index in [-0.39, 0.29) is 11.6 Å². The number of Topliss-reactive ketones (excluding diaryl/α,β-unsaturated/α-hetero) is 1. The number of benzene rings is 1. The highest BCUT2D eigenvalue weighted by Crippen LogP contribution is 2.25. The molecule has 16 heavy (non-hydrogen) atoms. The zero-order valence-electron chi connectivity index (χ0n) is 8.80. The number of carbonyl (C=O) groups is 1. The molecule has 0 radical (unpaired) electrons. The Labute approximate surface area is 102 Å². The van der Waals surface area contributed by atoms with Crippen LogP contribution in [0.25, 0.3) is 0 Å². The normalized spacial score (nSPS) is 15.8. The van der Waals surface area contributed by atoms with Gasteiger partial charge in [0, 0.05) is 10.0 Å². The van der Waals surface area contributed by atoms with Crippen molar-refractivity contribution in [2.24, 2.45) is 0 Å². The van der Waals surface area contributed by atoms with Gasteiger partial charge in [-0.15, -0.1) is 0 Å². The van der Waals surface area contributed by atoms with Crippen LogP contribution in [-0.4, -0.2) is 5.78 Å². The van der Waals surface area contributed by atoms with Gasteiger partial charge in [-0.2, -0.15) is 0 Å². The van der Waals surface area contributed by atoms with Crippen LogP contribution in [0.1, 0.15) is 36.0 Å². The van der Waals surface area contributed by atoms with Crippen molar-refractivity contribution < 1.29 is 9.18 Å². The molecule has 1 aliphatic rings. The largest absolute Gasteiger partial charge is 0.289 e. The van der Waals surface area contributed by atoms with Crippen molar-refractivity contribution in [3.05, 3.63) is 45.7 Å². The highest BCUT2D eigenvalue weighted by Gasteiger charge is 2.16. The van der Waals surface area contributed by atoms with Gasteiger partial charge in [0.25, 0.3) is 0 Å². The van der Waals surface area contributed by atoms with Crippen LogP contribution in [-0.2, 0) is 0 Å². The third-order valence-corrected chi connectivity index (χ3v) is 3.41. The fourth-order valence-corrected chi connectivity index (χ4v) is 2.42. The first kappa shape index (κ1) is 11.5. The lowest BCUT2D eigenvalue weighted by Crippen LogP contribution is -2.07. The van der Waals surface area contributed by atoms with E-state index < -0.39 is 0 Å². The number of allylic oxidation sites excluding steroid dienone is 2. The van der Waals surface area contributed by atoms with E-state index in [2.05, 4.69) is 15.9 Å². The van der Waals surface area contributed by atoms with Crippen LogP contribution < -0.4 is 0 Å². The molecule has 0 fully saturated rings. The Balaban J connectivity index is 2.30. The van der Waals surface area contributed by atoms with Gasteiger partial charge in [-0.05, 0) is 65.4 Å². The molecule has 3 heteroatoms. The lowest BCUT2D eigenvalue weighted by Gasteiger charge is -2.12. The fraction of sp³-hybridized carbons (Fsp3) is 0.308. The number of ketones is 1. The summed E-state index contributed by atoms with van der Waals surface area (Å²) in [7, 11) is 0. The van der Waals surface area contributed by atoms with Crippen LogP contribution >= 0.6 is 15.9 Å². The van der Waals surface area contributed by atoms with Crippen LogP contribution in [0.15, 0.2) is 34.3 Å². The summed E-state index contributed by atoms with van der Waals surface area (Å²) < 4.78 is 13.4. The van der Waals surface area contributed by atoms with E-state index in [1.165, 1.54) is 18.2 Å². The van der Waals surface area contributed by atoms with Crippen LogP contribution in [0.4, 0.5) is 4.39 Å². The molecule has 0 bridgehead atoms. The topological polar surface area (TPSA) is 17.1 Å². The minimum absolute atomic E-state index is 0.0200. The van der Waals surface area contributed by atoms with Crippen molar-refractivity contribution in [3.8, 4) is 0 Å². The second kappa shape index (κ2) is 4.91. The summed E-state index contributed by atoms with van der Waals surface area (Å²) in [4.78, 5) is 12.1. The first-order chi connectivity index (χ1) is 7.68. The van der Waals surface area contributed by atoms with E-state index in [0.29, 0.717) is 10.0 Å². The lowest BCUT2D eigenvalue weighted by atomic mass is 9.93. The average molecular weight is 283 g/mol. The smallest absolute Gasteiger partial charge is 0.189 e. The molecule has 1 aliphatic carbocycles. The molecule has 0 aliphatic heterocycles. The fourth-order valence-electron chi connectivity index (χ4n) is 1.89. The summed E-state index contributed by atoms with van der Waals surface area (Å²) in [6.45, 7) is 0. The van der Waals surface area contributed by atoms with E-state index in [4.69, 9.17) is 0 Å². The molecule has 1 aromatic rings. The molecule has 0 N–H and O–H groups in total. The maximum Gasteiger partial charge on any atom is 0.189 e. The summed E-state index contributed by atoms with van der Waals surface area (Å²) in [5.74, 6) is -0.312. The lowest BCUT2D eigenvalue weighted by molar-refractivity contribution is 0.102. The average Bonchev–Trinajstić information content (AvgIpc) is 2.29. The minimum atomic E-state index is -0.332. The summed E-state index contributed by atoms with van der Waals surface area (Å²) in [5.41, 5.74) is 1.41. The number of rotatable bonds is 2. The van der Waals surface area contributed by atoms with E-state index in [1.807, 2.05) is 6.08 Å². The number of hydrogen-bond acceptors (Lipinski definition) is 1. The SMILES string of the molecule is O=C(C1=CCCCC1)c1ccc(F)cc1Br. The number of hydrogen-bond donors (Lipinski definition) is 0. The van der Waals surface area contributed by atoms with E-state index in [0.717, 1.165) is 31.3 Å². The van der Waals surface area contributed by atoms with Gasteiger partial charge < -0.3 is 0 Å². The van der Waals surface area contributed by atoms with Gasteiger partial charge >= 0.3 is 0 Å². The maximum absolute atomic E-state index is 12.9. The molecule has 0 amide bonds. The van der Waals surface area contributed by atoms with Gasteiger partial charge in [-0.3, -0.25) is 4.79 Å². The van der Waals surface area contributed by atoms with Crippen molar-refractivity contribution in [1.29, 1.82) is 0 Å². The summed E-state index contributed by atoms with van der Waals surface area (Å²) in [6, 6.07) is 4.19. The molecular weight excluding hydrogens is 271 g/mol. The molecule has 0 saturated carbocycles. The minimum Gasteiger partial charge on any atom is -0.289 e. The molecule has 84 valence electrons. The zero-order valence-corrected chi connectivity index (χ0v) is 10.4. The van der Waals surface area contributed by atoms with Crippen molar-refractivity contribution in [3.63, 3.8) is 0 Å². The first-order valence-electron chi connectivity index (χ1n) is 5.37. The zero-order chi connectivity index (χ0) is 11.5. The van der Waals surface area contributed by atoms with Crippen molar-refractivity contribution in [1.82, 2.24) is 0 Å². The van der Waals surface area contributed by atoms with Gasteiger partial charge in [-0.1, -0.05) is 6.08 Å². The molecule has 0 heterocycles. The predicted octanol–water partition coefficient (Wildman–Crippen LogP) is 4.27. The number of carbonyl (C=O) groups excluding carboxylic acids is 1. The Kier molecular flexibility index (Phi) is 3.54. The van der Waals surface area contributed by atoms with Crippen LogP contribution in [0.3, 0.4) is 0 Å². The van der Waals surface area contributed by atoms with Crippen molar-refractivity contribution in [2.45, 2.75) is 25.7 Å². The Morgan fingerprint density at radius 2 is 2.12 bits per heavy atom. The second-order valence-corrected chi connectivity index (χ2v) is 4.78. The molecular formula is C13H12BrFO. The molecule has 0 aromatic heterocycles. The molecule has 1 nitrogen and oxygen atoms in total. The Bertz CT molecular complexity index is 451. The van der Waals surface area contributed by atoms with Gasteiger partial charge in [0.05, 0.1) is 0 Å². The molecule has 0 unspecified atom stereocenters. The third kappa shape index (κ3) is 2.40. The highest BCUT2D eigenvalue weighted by molar-refractivity contribution is 9.10. The molecule has 1 aromatic carbocycles. The van der Waals surface area contributed by atoms with Crippen LogP contribution in [0, 0.1) is 5.82 Å². The second-order valence-electron chi connectivity index (χ2n) is 3.93. The predicted molar refractivity (Wildman–Crippen MR) is 65.0 cm³/mol. The van der Waals surface area contributed by atoms with Gasteiger partial charge in [-0.25, -0.2) is 4.39 Å². The standard InChI is InChI=1S/C13H12BrFO/c14-12-8-10(15)6-7-11(12)13(16)9-4-2-1-3-5-9/h4,6-8H,1-3,5H2. The first-order valence-corrected chi connectivity index (χ1v) is 6.16. The summed E-state index contributed by atoms with van der Waals surface area (Å²) >= 11 is 3.23.